The number of rotatable bonds is 7. The molecule has 0 saturated carbocycles. The summed E-state index contributed by atoms with van der Waals surface area (Å²) in [5, 5.41) is 2.90. The van der Waals surface area contributed by atoms with Crippen molar-refractivity contribution in [2.75, 3.05) is 11.9 Å². The van der Waals surface area contributed by atoms with Crippen molar-refractivity contribution in [2.24, 2.45) is 0 Å². The van der Waals surface area contributed by atoms with Crippen molar-refractivity contribution in [1.82, 2.24) is 4.72 Å². The van der Waals surface area contributed by atoms with Crippen LogP contribution in [0, 0.1) is 0 Å². The topological polar surface area (TPSA) is 75.3 Å². The molecule has 2 N–H and O–H groups in total. The molecule has 0 atom stereocenters. The van der Waals surface area contributed by atoms with Gasteiger partial charge in [-0.15, -0.1) is 6.58 Å². The zero-order valence-electron chi connectivity index (χ0n) is 15.1. The zero-order valence-corrected chi connectivity index (χ0v) is 15.9. The van der Waals surface area contributed by atoms with Gasteiger partial charge in [0.25, 0.3) is 5.91 Å². The molecule has 142 valence electrons. The summed E-state index contributed by atoms with van der Waals surface area (Å²) in [7, 11) is -3.62. The summed E-state index contributed by atoms with van der Waals surface area (Å²) in [5.41, 5.74) is 2.95. The molecule has 0 radical (unpaired) electrons. The fourth-order valence-electron chi connectivity index (χ4n) is 2.69. The van der Waals surface area contributed by atoms with Gasteiger partial charge in [-0.3, -0.25) is 4.79 Å². The Labute approximate surface area is 164 Å². The number of carbonyl (C=O) groups is 1. The molecule has 0 aliphatic heterocycles. The minimum Gasteiger partial charge on any atom is -0.321 e. The number of amides is 1. The van der Waals surface area contributed by atoms with Crippen molar-refractivity contribution in [2.45, 2.75) is 4.90 Å². The first-order chi connectivity index (χ1) is 13.5. The lowest BCUT2D eigenvalue weighted by Crippen LogP contribution is -2.23. The van der Waals surface area contributed by atoms with E-state index < -0.39 is 10.0 Å². The molecule has 28 heavy (non-hydrogen) atoms. The molecule has 0 aliphatic rings. The maximum absolute atomic E-state index is 12.6. The number of benzene rings is 3. The number of carbonyl (C=O) groups excluding carboxylic acids is 1. The number of hydrogen-bond donors (Lipinski definition) is 2. The molecular formula is C22H20N2O3S. The lowest BCUT2D eigenvalue weighted by atomic mass is 10.0. The van der Waals surface area contributed by atoms with Crippen molar-refractivity contribution in [3.63, 3.8) is 0 Å². The lowest BCUT2D eigenvalue weighted by molar-refractivity contribution is 0.102. The molecule has 3 rings (SSSR count). The van der Waals surface area contributed by atoms with Crippen molar-refractivity contribution >= 4 is 21.6 Å². The number of hydrogen-bond acceptors (Lipinski definition) is 3. The van der Waals surface area contributed by atoms with Gasteiger partial charge in [0.1, 0.15) is 0 Å². The van der Waals surface area contributed by atoms with Crippen LogP contribution in [0.2, 0.25) is 0 Å². The number of anilines is 1. The Morgan fingerprint density at radius 3 is 2.21 bits per heavy atom. The normalized spacial score (nSPS) is 11.0. The highest BCUT2D eigenvalue weighted by molar-refractivity contribution is 7.89. The van der Waals surface area contributed by atoms with Crippen LogP contribution in [0.25, 0.3) is 11.1 Å². The SMILES string of the molecule is C=CCNS(=O)(=O)c1ccc(C(=O)Nc2ccccc2-c2ccccc2)cc1. The third kappa shape index (κ3) is 4.54. The van der Waals surface area contributed by atoms with Crippen LogP contribution in [0.15, 0.2) is 96.4 Å². The summed E-state index contributed by atoms with van der Waals surface area (Å²) in [6, 6.07) is 23.1. The van der Waals surface area contributed by atoms with Crippen LogP contribution in [0.5, 0.6) is 0 Å². The second kappa shape index (κ2) is 8.65. The minimum absolute atomic E-state index is 0.0931. The van der Waals surface area contributed by atoms with Gasteiger partial charge in [0, 0.05) is 23.4 Å². The van der Waals surface area contributed by atoms with Gasteiger partial charge < -0.3 is 5.32 Å². The molecule has 0 aliphatic carbocycles. The van der Waals surface area contributed by atoms with E-state index in [0.29, 0.717) is 11.3 Å². The largest absolute Gasteiger partial charge is 0.321 e. The number of para-hydroxylation sites is 1. The average molecular weight is 392 g/mol. The van der Waals surface area contributed by atoms with Crippen LogP contribution >= 0.6 is 0 Å². The summed E-state index contributed by atoms with van der Waals surface area (Å²) >= 11 is 0. The van der Waals surface area contributed by atoms with Crippen LogP contribution in [0.3, 0.4) is 0 Å². The fraction of sp³-hybridized carbons (Fsp3) is 0.0455. The standard InChI is InChI=1S/C22H20N2O3S/c1-2-16-23-28(26,27)19-14-12-18(13-15-19)22(25)24-21-11-7-6-10-20(21)17-8-4-3-5-9-17/h2-15,23H,1,16H2,(H,24,25). The fourth-order valence-corrected chi connectivity index (χ4v) is 3.69. The Kier molecular flexibility index (Phi) is 6.03. The van der Waals surface area contributed by atoms with Gasteiger partial charge in [-0.1, -0.05) is 54.6 Å². The molecule has 0 saturated heterocycles. The summed E-state index contributed by atoms with van der Waals surface area (Å²) in [4.78, 5) is 12.7. The van der Waals surface area contributed by atoms with E-state index in [2.05, 4.69) is 16.6 Å². The molecular weight excluding hydrogens is 372 g/mol. The van der Waals surface area contributed by atoms with E-state index in [1.165, 1.54) is 30.3 Å². The predicted octanol–water partition coefficient (Wildman–Crippen LogP) is 4.07. The molecule has 5 nitrogen and oxygen atoms in total. The summed E-state index contributed by atoms with van der Waals surface area (Å²) in [6.45, 7) is 3.62. The van der Waals surface area contributed by atoms with Crippen LogP contribution in [-0.4, -0.2) is 20.9 Å². The van der Waals surface area contributed by atoms with E-state index >= 15 is 0 Å². The van der Waals surface area contributed by atoms with Crippen LogP contribution < -0.4 is 10.0 Å². The van der Waals surface area contributed by atoms with E-state index in [-0.39, 0.29) is 17.3 Å². The van der Waals surface area contributed by atoms with Gasteiger partial charge >= 0.3 is 0 Å². The molecule has 1 amide bonds. The van der Waals surface area contributed by atoms with E-state index in [4.69, 9.17) is 0 Å². The second-order valence-corrected chi connectivity index (χ2v) is 7.80. The number of sulfonamides is 1. The molecule has 6 heteroatoms. The Balaban J connectivity index is 1.80. The van der Waals surface area contributed by atoms with E-state index in [1.54, 1.807) is 0 Å². The van der Waals surface area contributed by atoms with Crippen molar-refractivity contribution < 1.29 is 13.2 Å². The lowest BCUT2D eigenvalue weighted by Gasteiger charge is -2.12. The first kappa shape index (κ1) is 19.5. The maximum Gasteiger partial charge on any atom is 0.255 e. The van der Waals surface area contributed by atoms with E-state index in [1.807, 2.05) is 54.6 Å². The van der Waals surface area contributed by atoms with Crippen molar-refractivity contribution in [1.29, 1.82) is 0 Å². The summed E-state index contributed by atoms with van der Waals surface area (Å²) < 4.78 is 26.6. The first-order valence-corrected chi connectivity index (χ1v) is 10.2. The highest BCUT2D eigenvalue weighted by Gasteiger charge is 2.15. The summed E-state index contributed by atoms with van der Waals surface area (Å²) in [6.07, 6.45) is 1.46. The summed E-state index contributed by atoms with van der Waals surface area (Å²) in [5.74, 6) is -0.314. The van der Waals surface area contributed by atoms with Crippen LogP contribution in [-0.2, 0) is 10.0 Å². The molecule has 0 aromatic heterocycles. The molecule has 0 fully saturated rings. The Bertz CT molecular complexity index is 1080. The molecule has 0 spiro atoms. The zero-order chi connectivity index (χ0) is 20.0. The van der Waals surface area contributed by atoms with Gasteiger partial charge in [-0.05, 0) is 35.9 Å². The number of nitrogens with one attached hydrogen (secondary N) is 2. The monoisotopic (exact) mass is 392 g/mol. The third-order valence-corrected chi connectivity index (χ3v) is 5.54. The van der Waals surface area contributed by atoms with Crippen molar-refractivity contribution in [3.8, 4) is 11.1 Å². The second-order valence-electron chi connectivity index (χ2n) is 6.03. The molecule has 0 unspecified atom stereocenters. The van der Waals surface area contributed by atoms with Gasteiger partial charge in [0.2, 0.25) is 10.0 Å². The van der Waals surface area contributed by atoms with Gasteiger partial charge in [-0.25, -0.2) is 13.1 Å². The third-order valence-electron chi connectivity index (χ3n) is 4.10. The van der Waals surface area contributed by atoms with Gasteiger partial charge in [0.15, 0.2) is 0 Å². The maximum atomic E-state index is 12.6. The molecule has 0 bridgehead atoms. The van der Waals surface area contributed by atoms with Gasteiger partial charge in [0.05, 0.1) is 4.90 Å². The average Bonchev–Trinajstić information content (AvgIpc) is 2.73. The highest BCUT2D eigenvalue weighted by Crippen LogP contribution is 2.28. The van der Waals surface area contributed by atoms with Gasteiger partial charge in [-0.2, -0.15) is 0 Å². The van der Waals surface area contributed by atoms with E-state index in [9.17, 15) is 13.2 Å². The van der Waals surface area contributed by atoms with E-state index in [0.717, 1.165) is 11.1 Å². The Hall–Kier alpha value is -3.22. The quantitative estimate of drug-likeness (QED) is 0.595. The van der Waals surface area contributed by atoms with Crippen LogP contribution in [0.1, 0.15) is 10.4 Å². The predicted molar refractivity (Wildman–Crippen MR) is 112 cm³/mol. The first-order valence-electron chi connectivity index (χ1n) is 8.68. The van der Waals surface area contributed by atoms with Crippen molar-refractivity contribution in [3.05, 3.63) is 97.1 Å². The molecule has 0 heterocycles. The molecule has 3 aromatic rings. The Morgan fingerprint density at radius 1 is 0.893 bits per heavy atom. The smallest absolute Gasteiger partial charge is 0.255 e. The highest BCUT2D eigenvalue weighted by atomic mass is 32.2. The molecule has 3 aromatic carbocycles. The Morgan fingerprint density at radius 2 is 1.54 bits per heavy atom. The van der Waals surface area contributed by atoms with Crippen LogP contribution in [0.4, 0.5) is 5.69 Å². The minimum atomic E-state index is -3.62.